The summed E-state index contributed by atoms with van der Waals surface area (Å²) < 4.78 is 0. The Bertz CT molecular complexity index is 220. The van der Waals surface area contributed by atoms with Crippen molar-refractivity contribution in [1.29, 1.82) is 0 Å². The van der Waals surface area contributed by atoms with E-state index < -0.39 is 0 Å². The molecule has 0 aromatic rings. The molecule has 2 unspecified atom stereocenters. The Morgan fingerprint density at radius 1 is 1.41 bits per heavy atom. The fraction of sp³-hybridized carbons (Fsp3) is 0.875. The molecule has 0 aliphatic heterocycles. The van der Waals surface area contributed by atoms with Crippen molar-refractivity contribution in [1.82, 2.24) is 5.32 Å². The molecule has 1 saturated carbocycles. The molecule has 0 aromatic carbocycles. The fourth-order valence-corrected chi connectivity index (χ4v) is 2.50. The van der Waals surface area contributed by atoms with Crippen molar-refractivity contribution in [3.8, 4) is 0 Å². The lowest BCUT2D eigenvalue weighted by atomic mass is 9.78. The molecule has 0 spiro atoms. The molecular formula is C16H31N. The first-order valence-electron chi connectivity index (χ1n) is 7.50. The molecule has 1 nitrogen and oxygen atoms in total. The van der Waals surface area contributed by atoms with Crippen LogP contribution in [0.15, 0.2) is 12.7 Å². The highest BCUT2D eigenvalue weighted by atomic mass is 15.0. The van der Waals surface area contributed by atoms with Crippen LogP contribution in [0.4, 0.5) is 0 Å². The summed E-state index contributed by atoms with van der Waals surface area (Å²) in [5.74, 6) is 0.874. The lowest BCUT2D eigenvalue weighted by Crippen LogP contribution is -2.33. The second-order valence-electron chi connectivity index (χ2n) is 6.13. The summed E-state index contributed by atoms with van der Waals surface area (Å²) in [6, 6.07) is 0.810. The molecule has 0 radical (unpaired) electrons. The number of hydrogen-bond donors (Lipinski definition) is 1. The fourth-order valence-electron chi connectivity index (χ4n) is 2.50. The van der Waals surface area contributed by atoms with Gasteiger partial charge in [-0.25, -0.2) is 0 Å². The third kappa shape index (κ3) is 5.72. The summed E-state index contributed by atoms with van der Waals surface area (Å²) in [6.45, 7) is 12.2. The van der Waals surface area contributed by atoms with Gasteiger partial charge in [0.1, 0.15) is 0 Å². The van der Waals surface area contributed by atoms with Crippen LogP contribution in [0.2, 0.25) is 0 Å². The van der Waals surface area contributed by atoms with Crippen molar-refractivity contribution in [3.63, 3.8) is 0 Å². The molecule has 0 bridgehead atoms. The summed E-state index contributed by atoms with van der Waals surface area (Å²) in [5.41, 5.74) is 0.289. The quantitative estimate of drug-likeness (QED) is 0.550. The number of rotatable bonds is 10. The van der Waals surface area contributed by atoms with Gasteiger partial charge >= 0.3 is 0 Å². The zero-order chi connectivity index (χ0) is 12.7. The lowest BCUT2D eigenvalue weighted by molar-refractivity contribution is 0.272. The Labute approximate surface area is 108 Å². The van der Waals surface area contributed by atoms with Crippen LogP contribution < -0.4 is 5.32 Å². The van der Waals surface area contributed by atoms with E-state index in [9.17, 15) is 0 Å². The molecule has 0 heterocycles. The van der Waals surface area contributed by atoms with Crippen molar-refractivity contribution in [2.24, 2.45) is 11.3 Å². The Balaban J connectivity index is 2.36. The maximum absolute atomic E-state index is 4.06. The molecule has 1 aliphatic rings. The zero-order valence-corrected chi connectivity index (χ0v) is 12.1. The van der Waals surface area contributed by atoms with Gasteiger partial charge in [0.2, 0.25) is 0 Å². The van der Waals surface area contributed by atoms with E-state index in [1.54, 1.807) is 0 Å². The monoisotopic (exact) mass is 237 g/mol. The van der Waals surface area contributed by atoms with Gasteiger partial charge in [0.25, 0.3) is 0 Å². The second kappa shape index (κ2) is 7.20. The first-order chi connectivity index (χ1) is 8.13. The Hall–Kier alpha value is -0.300. The van der Waals surface area contributed by atoms with E-state index in [2.05, 4.69) is 38.7 Å². The summed E-state index contributed by atoms with van der Waals surface area (Å²) in [5, 5.41) is 3.66. The normalized spacial score (nSPS) is 20.9. The molecule has 17 heavy (non-hydrogen) atoms. The summed E-state index contributed by atoms with van der Waals surface area (Å²) in [4.78, 5) is 0. The number of nitrogens with one attached hydrogen (secondary N) is 1. The van der Waals surface area contributed by atoms with Crippen molar-refractivity contribution in [3.05, 3.63) is 12.7 Å². The SMILES string of the molecule is C=CC(C)(CNC1CC1)CC(CC)CCCC. The molecule has 2 atom stereocenters. The Kier molecular flexibility index (Phi) is 6.26. The average molecular weight is 237 g/mol. The zero-order valence-electron chi connectivity index (χ0n) is 12.1. The van der Waals surface area contributed by atoms with Crippen LogP contribution in [-0.4, -0.2) is 12.6 Å². The van der Waals surface area contributed by atoms with Gasteiger partial charge in [-0.3, -0.25) is 0 Å². The van der Waals surface area contributed by atoms with E-state index in [-0.39, 0.29) is 5.41 Å². The lowest BCUT2D eigenvalue weighted by Gasteiger charge is -2.30. The minimum Gasteiger partial charge on any atom is -0.313 e. The van der Waals surface area contributed by atoms with Crippen LogP contribution in [0.5, 0.6) is 0 Å². The van der Waals surface area contributed by atoms with Crippen LogP contribution in [0.1, 0.15) is 65.7 Å². The molecule has 0 aromatic heterocycles. The van der Waals surface area contributed by atoms with E-state index in [1.165, 1.54) is 44.9 Å². The molecule has 1 rings (SSSR count). The molecule has 1 N–H and O–H groups in total. The summed E-state index contributed by atoms with van der Waals surface area (Å²) in [6.07, 6.45) is 11.6. The molecule has 1 heteroatoms. The summed E-state index contributed by atoms with van der Waals surface area (Å²) in [7, 11) is 0. The highest BCUT2D eigenvalue weighted by Crippen LogP contribution is 2.32. The van der Waals surface area contributed by atoms with Crippen LogP contribution in [-0.2, 0) is 0 Å². The second-order valence-corrected chi connectivity index (χ2v) is 6.13. The van der Waals surface area contributed by atoms with Gasteiger partial charge in [0.05, 0.1) is 0 Å². The number of hydrogen-bond acceptors (Lipinski definition) is 1. The smallest absolute Gasteiger partial charge is 0.00685 e. The van der Waals surface area contributed by atoms with Crippen LogP contribution in [0.3, 0.4) is 0 Å². The standard InChI is InChI=1S/C16H31N/c1-5-8-9-14(6-2)12-16(4,7-3)13-17-15-10-11-15/h7,14-15,17H,3,5-6,8-13H2,1-2,4H3. The highest BCUT2D eigenvalue weighted by Gasteiger charge is 2.28. The molecule has 1 aliphatic carbocycles. The molecule has 0 amide bonds. The maximum atomic E-state index is 4.06. The van der Waals surface area contributed by atoms with E-state index in [4.69, 9.17) is 0 Å². The average Bonchev–Trinajstić information content (AvgIpc) is 3.16. The number of unbranched alkanes of at least 4 members (excludes halogenated alkanes) is 1. The first-order valence-corrected chi connectivity index (χ1v) is 7.50. The first kappa shape index (κ1) is 14.8. The maximum Gasteiger partial charge on any atom is 0.00685 e. The molecule has 1 fully saturated rings. The van der Waals surface area contributed by atoms with Crippen molar-refractivity contribution in [2.45, 2.75) is 71.8 Å². The van der Waals surface area contributed by atoms with Gasteiger partial charge < -0.3 is 5.32 Å². The van der Waals surface area contributed by atoms with E-state index in [1.807, 2.05) is 0 Å². The Morgan fingerprint density at radius 3 is 2.59 bits per heavy atom. The van der Waals surface area contributed by atoms with Gasteiger partial charge in [0.15, 0.2) is 0 Å². The largest absolute Gasteiger partial charge is 0.313 e. The van der Waals surface area contributed by atoms with E-state index in [0.29, 0.717) is 0 Å². The minimum absolute atomic E-state index is 0.289. The van der Waals surface area contributed by atoms with Crippen LogP contribution in [0.25, 0.3) is 0 Å². The van der Waals surface area contributed by atoms with Crippen LogP contribution >= 0.6 is 0 Å². The third-order valence-corrected chi connectivity index (χ3v) is 4.16. The Morgan fingerprint density at radius 2 is 2.12 bits per heavy atom. The van der Waals surface area contributed by atoms with Gasteiger partial charge in [-0.1, -0.05) is 52.5 Å². The topological polar surface area (TPSA) is 12.0 Å². The van der Waals surface area contributed by atoms with Gasteiger partial charge in [0, 0.05) is 12.6 Å². The highest BCUT2D eigenvalue weighted by molar-refractivity contribution is 4.96. The van der Waals surface area contributed by atoms with Gasteiger partial charge in [-0.15, -0.1) is 6.58 Å². The van der Waals surface area contributed by atoms with Crippen LogP contribution in [0, 0.1) is 11.3 Å². The van der Waals surface area contributed by atoms with Gasteiger partial charge in [-0.05, 0) is 30.6 Å². The molecule has 100 valence electrons. The van der Waals surface area contributed by atoms with Crippen molar-refractivity contribution in [2.75, 3.05) is 6.54 Å². The van der Waals surface area contributed by atoms with E-state index in [0.717, 1.165) is 18.5 Å². The van der Waals surface area contributed by atoms with E-state index >= 15 is 0 Å². The predicted octanol–water partition coefficient (Wildman–Crippen LogP) is 4.54. The third-order valence-electron chi connectivity index (χ3n) is 4.16. The minimum atomic E-state index is 0.289. The molecule has 0 saturated heterocycles. The predicted molar refractivity (Wildman–Crippen MR) is 77.3 cm³/mol. The van der Waals surface area contributed by atoms with Gasteiger partial charge in [-0.2, -0.15) is 0 Å². The summed E-state index contributed by atoms with van der Waals surface area (Å²) >= 11 is 0. The van der Waals surface area contributed by atoms with Crippen molar-refractivity contribution >= 4 is 0 Å². The van der Waals surface area contributed by atoms with Crippen molar-refractivity contribution < 1.29 is 0 Å². The molecular weight excluding hydrogens is 206 g/mol.